The van der Waals surface area contributed by atoms with Crippen molar-refractivity contribution in [2.45, 2.75) is 12.8 Å². The average molecular weight is 142 g/mol. The van der Waals surface area contributed by atoms with E-state index in [0.717, 1.165) is 25.9 Å². The molecule has 0 aliphatic carbocycles. The van der Waals surface area contributed by atoms with Crippen LogP contribution in [0.15, 0.2) is 5.16 Å². The SMILES string of the molecule is CN1CCC(/C=N/O)CC1. The van der Waals surface area contributed by atoms with Crippen molar-refractivity contribution in [1.82, 2.24) is 4.90 Å². The van der Waals surface area contributed by atoms with Gasteiger partial charge < -0.3 is 10.1 Å². The number of hydrogen-bond donors (Lipinski definition) is 1. The largest absolute Gasteiger partial charge is 0.411 e. The molecule has 0 radical (unpaired) electrons. The number of piperidine rings is 1. The van der Waals surface area contributed by atoms with Crippen LogP contribution in [0.2, 0.25) is 0 Å². The van der Waals surface area contributed by atoms with Crippen LogP contribution < -0.4 is 0 Å². The molecule has 3 nitrogen and oxygen atoms in total. The van der Waals surface area contributed by atoms with Crippen molar-refractivity contribution in [2.75, 3.05) is 20.1 Å². The zero-order chi connectivity index (χ0) is 7.40. The monoisotopic (exact) mass is 142 g/mol. The van der Waals surface area contributed by atoms with E-state index in [0.29, 0.717) is 5.92 Å². The third kappa shape index (κ3) is 1.99. The van der Waals surface area contributed by atoms with Gasteiger partial charge in [-0.2, -0.15) is 0 Å². The number of rotatable bonds is 1. The number of likely N-dealkylation sites (tertiary alicyclic amines) is 1. The lowest BCUT2D eigenvalue weighted by Gasteiger charge is -2.25. The van der Waals surface area contributed by atoms with Crippen LogP contribution in [0.1, 0.15) is 12.8 Å². The summed E-state index contributed by atoms with van der Waals surface area (Å²) in [6.07, 6.45) is 3.90. The Bertz CT molecular complexity index is 117. The quantitative estimate of drug-likeness (QED) is 0.334. The van der Waals surface area contributed by atoms with Gasteiger partial charge >= 0.3 is 0 Å². The van der Waals surface area contributed by atoms with Gasteiger partial charge in [0, 0.05) is 6.21 Å². The van der Waals surface area contributed by atoms with Crippen molar-refractivity contribution in [3.05, 3.63) is 0 Å². The van der Waals surface area contributed by atoms with Gasteiger partial charge in [0.1, 0.15) is 0 Å². The molecule has 0 aromatic heterocycles. The minimum Gasteiger partial charge on any atom is -0.411 e. The van der Waals surface area contributed by atoms with E-state index in [1.807, 2.05) is 0 Å². The molecule has 3 heteroatoms. The van der Waals surface area contributed by atoms with Crippen LogP contribution in [0.4, 0.5) is 0 Å². The first-order chi connectivity index (χ1) is 4.83. The van der Waals surface area contributed by atoms with E-state index in [2.05, 4.69) is 17.1 Å². The fourth-order valence-corrected chi connectivity index (χ4v) is 1.27. The first-order valence-corrected chi connectivity index (χ1v) is 3.69. The maximum Gasteiger partial charge on any atom is 0.0467 e. The predicted molar refractivity (Wildman–Crippen MR) is 40.5 cm³/mol. The molecule has 0 atom stereocenters. The Hall–Kier alpha value is -0.570. The van der Waals surface area contributed by atoms with E-state index in [1.165, 1.54) is 0 Å². The molecular formula is C7H14N2O. The van der Waals surface area contributed by atoms with Gasteiger partial charge in [-0.25, -0.2) is 0 Å². The molecule has 0 aromatic rings. The summed E-state index contributed by atoms with van der Waals surface area (Å²) < 4.78 is 0. The summed E-state index contributed by atoms with van der Waals surface area (Å²) in [5, 5.41) is 11.3. The third-order valence-electron chi connectivity index (χ3n) is 2.04. The fourth-order valence-electron chi connectivity index (χ4n) is 1.27. The lowest BCUT2D eigenvalue weighted by Crippen LogP contribution is -2.30. The Labute approximate surface area is 61.3 Å². The normalized spacial score (nSPS) is 24.1. The highest BCUT2D eigenvalue weighted by atomic mass is 16.4. The van der Waals surface area contributed by atoms with Crippen molar-refractivity contribution in [3.63, 3.8) is 0 Å². The van der Waals surface area contributed by atoms with E-state index < -0.39 is 0 Å². The molecule has 1 fully saturated rings. The molecule has 0 amide bonds. The van der Waals surface area contributed by atoms with E-state index in [-0.39, 0.29) is 0 Å². The van der Waals surface area contributed by atoms with Gasteiger partial charge in [0.2, 0.25) is 0 Å². The summed E-state index contributed by atoms with van der Waals surface area (Å²) in [6.45, 7) is 2.24. The van der Waals surface area contributed by atoms with Crippen molar-refractivity contribution < 1.29 is 5.21 Å². The fraction of sp³-hybridized carbons (Fsp3) is 0.857. The predicted octanol–water partition coefficient (Wildman–Crippen LogP) is 0.788. The van der Waals surface area contributed by atoms with Crippen LogP contribution in [0.3, 0.4) is 0 Å². The summed E-state index contributed by atoms with van der Waals surface area (Å²) in [6, 6.07) is 0. The Balaban J connectivity index is 2.26. The highest BCUT2D eigenvalue weighted by Crippen LogP contribution is 2.12. The van der Waals surface area contributed by atoms with Crippen LogP contribution in [0.5, 0.6) is 0 Å². The van der Waals surface area contributed by atoms with Gasteiger partial charge in [-0.15, -0.1) is 5.16 Å². The molecule has 10 heavy (non-hydrogen) atoms. The molecule has 0 saturated carbocycles. The standard InChI is InChI=1S/C7H14N2O/c1-9-4-2-7(3-5-9)6-8-10/h6-7,10H,2-5H2,1H3/b8-6+. The first-order valence-electron chi connectivity index (χ1n) is 3.69. The molecule has 0 bridgehead atoms. The van der Waals surface area contributed by atoms with E-state index in [1.54, 1.807) is 6.21 Å². The Kier molecular flexibility index (Phi) is 2.68. The number of oxime groups is 1. The van der Waals surface area contributed by atoms with Crippen molar-refractivity contribution >= 4 is 6.21 Å². The van der Waals surface area contributed by atoms with Crippen LogP contribution in [0.25, 0.3) is 0 Å². The molecule has 1 aliphatic heterocycles. The Morgan fingerprint density at radius 3 is 2.60 bits per heavy atom. The second kappa shape index (κ2) is 3.56. The van der Waals surface area contributed by atoms with Gasteiger partial charge in [-0.05, 0) is 38.9 Å². The summed E-state index contributed by atoms with van der Waals surface area (Å²) >= 11 is 0. The molecular weight excluding hydrogens is 128 g/mol. The first kappa shape index (κ1) is 7.54. The molecule has 1 saturated heterocycles. The highest BCUT2D eigenvalue weighted by Gasteiger charge is 2.14. The maximum absolute atomic E-state index is 8.24. The van der Waals surface area contributed by atoms with E-state index in [9.17, 15) is 0 Å². The van der Waals surface area contributed by atoms with Crippen molar-refractivity contribution in [3.8, 4) is 0 Å². The second-order valence-corrected chi connectivity index (χ2v) is 2.91. The maximum atomic E-state index is 8.24. The van der Waals surface area contributed by atoms with Crippen molar-refractivity contribution in [1.29, 1.82) is 0 Å². The molecule has 1 rings (SSSR count). The second-order valence-electron chi connectivity index (χ2n) is 2.91. The van der Waals surface area contributed by atoms with Gasteiger partial charge in [0.15, 0.2) is 0 Å². The molecule has 58 valence electrons. The van der Waals surface area contributed by atoms with Gasteiger partial charge in [-0.1, -0.05) is 0 Å². The smallest absolute Gasteiger partial charge is 0.0467 e. The average Bonchev–Trinajstić information content (AvgIpc) is 1.95. The van der Waals surface area contributed by atoms with E-state index >= 15 is 0 Å². The zero-order valence-electron chi connectivity index (χ0n) is 6.32. The van der Waals surface area contributed by atoms with Gasteiger partial charge in [0.05, 0.1) is 0 Å². The highest BCUT2D eigenvalue weighted by molar-refractivity contribution is 5.59. The molecule has 1 N–H and O–H groups in total. The minimum absolute atomic E-state index is 0.501. The molecule has 1 aliphatic rings. The van der Waals surface area contributed by atoms with Gasteiger partial charge in [-0.3, -0.25) is 0 Å². The number of hydrogen-bond acceptors (Lipinski definition) is 3. The Morgan fingerprint density at radius 1 is 1.50 bits per heavy atom. The minimum atomic E-state index is 0.501. The molecule has 0 spiro atoms. The Morgan fingerprint density at radius 2 is 2.10 bits per heavy atom. The van der Waals surface area contributed by atoms with Crippen LogP contribution in [-0.4, -0.2) is 36.5 Å². The molecule has 1 heterocycles. The summed E-state index contributed by atoms with van der Waals surface area (Å²) in [5.74, 6) is 0.501. The summed E-state index contributed by atoms with van der Waals surface area (Å²) in [5.41, 5.74) is 0. The van der Waals surface area contributed by atoms with Crippen LogP contribution >= 0.6 is 0 Å². The number of nitrogens with zero attached hydrogens (tertiary/aromatic N) is 2. The summed E-state index contributed by atoms with van der Waals surface area (Å²) in [4.78, 5) is 2.29. The summed E-state index contributed by atoms with van der Waals surface area (Å²) in [7, 11) is 2.12. The molecule has 0 aromatic carbocycles. The topological polar surface area (TPSA) is 35.8 Å². The van der Waals surface area contributed by atoms with Crippen LogP contribution in [-0.2, 0) is 0 Å². The van der Waals surface area contributed by atoms with E-state index in [4.69, 9.17) is 5.21 Å². The van der Waals surface area contributed by atoms with Crippen LogP contribution in [0, 0.1) is 5.92 Å². The van der Waals surface area contributed by atoms with Gasteiger partial charge in [0.25, 0.3) is 0 Å². The lowest BCUT2D eigenvalue weighted by molar-refractivity contribution is 0.249. The van der Waals surface area contributed by atoms with Crippen molar-refractivity contribution in [2.24, 2.45) is 11.1 Å². The third-order valence-corrected chi connectivity index (χ3v) is 2.04. The molecule has 0 unspecified atom stereocenters. The lowest BCUT2D eigenvalue weighted by atomic mass is 9.99. The zero-order valence-corrected chi connectivity index (χ0v) is 6.32.